The fourth-order valence-electron chi connectivity index (χ4n) is 2.25. The second-order valence-corrected chi connectivity index (χ2v) is 4.47. The van der Waals surface area contributed by atoms with Gasteiger partial charge < -0.3 is 14.4 Å². The van der Waals surface area contributed by atoms with Crippen LogP contribution in [0.5, 0.6) is 11.5 Å². The first-order valence-electron chi connectivity index (χ1n) is 6.25. The van der Waals surface area contributed by atoms with Crippen molar-refractivity contribution in [2.24, 2.45) is 5.11 Å². The van der Waals surface area contributed by atoms with E-state index in [2.05, 4.69) is 10.0 Å². The van der Waals surface area contributed by atoms with Crippen molar-refractivity contribution in [2.45, 2.75) is 12.5 Å². The van der Waals surface area contributed by atoms with Crippen LogP contribution in [0.1, 0.15) is 16.8 Å². The smallest absolute Gasteiger partial charge is 0.254 e. The minimum absolute atomic E-state index is 0.0957. The third-order valence-corrected chi connectivity index (χ3v) is 3.30. The molecule has 1 atom stereocenters. The molecule has 1 heterocycles. The number of methoxy groups -OCH3 is 2. The number of likely N-dealkylation sites (tertiary alicyclic amines) is 1. The molecule has 1 aromatic carbocycles. The van der Waals surface area contributed by atoms with E-state index in [0.717, 1.165) is 0 Å². The van der Waals surface area contributed by atoms with Gasteiger partial charge in [-0.3, -0.25) is 4.79 Å². The van der Waals surface area contributed by atoms with Gasteiger partial charge in [-0.2, -0.15) is 0 Å². The number of azide groups is 1. The molecule has 0 bridgehead atoms. The fraction of sp³-hybridized carbons (Fsp3) is 0.462. The highest BCUT2D eigenvalue weighted by Crippen LogP contribution is 2.28. The summed E-state index contributed by atoms with van der Waals surface area (Å²) in [5.74, 6) is 1.00. The Morgan fingerprint density at radius 3 is 2.80 bits per heavy atom. The number of carbonyl (C=O) groups excluding carboxylic acids is 1. The van der Waals surface area contributed by atoms with Gasteiger partial charge in [-0.1, -0.05) is 5.11 Å². The molecule has 0 saturated carbocycles. The minimum atomic E-state index is -0.135. The first-order chi connectivity index (χ1) is 9.69. The summed E-state index contributed by atoms with van der Waals surface area (Å²) in [5.41, 5.74) is 8.95. The number of nitrogens with zero attached hydrogens (tertiary/aromatic N) is 4. The Morgan fingerprint density at radius 1 is 1.40 bits per heavy atom. The van der Waals surface area contributed by atoms with Crippen LogP contribution in [0, 0.1) is 0 Å². The Labute approximate surface area is 116 Å². The molecule has 20 heavy (non-hydrogen) atoms. The zero-order chi connectivity index (χ0) is 14.5. The lowest BCUT2D eigenvalue weighted by atomic mass is 10.1. The summed E-state index contributed by atoms with van der Waals surface area (Å²) in [5, 5.41) is 3.65. The number of hydrogen-bond acceptors (Lipinski definition) is 4. The Hall–Kier alpha value is -2.40. The van der Waals surface area contributed by atoms with Crippen LogP contribution in [0.25, 0.3) is 10.4 Å². The van der Waals surface area contributed by atoms with Crippen molar-refractivity contribution in [1.29, 1.82) is 0 Å². The van der Waals surface area contributed by atoms with E-state index >= 15 is 0 Å². The van der Waals surface area contributed by atoms with E-state index in [-0.39, 0.29) is 11.9 Å². The molecule has 7 heteroatoms. The second-order valence-electron chi connectivity index (χ2n) is 4.47. The molecule has 0 aliphatic carbocycles. The van der Waals surface area contributed by atoms with Gasteiger partial charge in [0.05, 0.1) is 20.3 Å². The average Bonchev–Trinajstić information content (AvgIpc) is 2.94. The molecule has 0 N–H and O–H groups in total. The number of ether oxygens (including phenoxy) is 2. The fourth-order valence-corrected chi connectivity index (χ4v) is 2.25. The minimum Gasteiger partial charge on any atom is -0.493 e. The lowest BCUT2D eigenvalue weighted by Crippen LogP contribution is -2.29. The lowest BCUT2D eigenvalue weighted by molar-refractivity contribution is 0.0790. The highest BCUT2D eigenvalue weighted by molar-refractivity contribution is 5.95. The van der Waals surface area contributed by atoms with Crippen LogP contribution in [0.3, 0.4) is 0 Å². The van der Waals surface area contributed by atoms with E-state index in [1.807, 2.05) is 0 Å². The van der Waals surface area contributed by atoms with Crippen LogP contribution in [-0.4, -0.2) is 44.2 Å². The summed E-state index contributed by atoms with van der Waals surface area (Å²) in [6.45, 7) is 1.05. The van der Waals surface area contributed by atoms with E-state index < -0.39 is 0 Å². The first kappa shape index (κ1) is 14.0. The lowest BCUT2D eigenvalue weighted by Gasteiger charge is -2.17. The highest BCUT2D eigenvalue weighted by atomic mass is 16.5. The largest absolute Gasteiger partial charge is 0.493 e. The molecular formula is C13H16N4O3. The molecule has 1 saturated heterocycles. The zero-order valence-electron chi connectivity index (χ0n) is 11.4. The SMILES string of the molecule is COc1ccc(C(=O)N2CCC(N=[N+]=[N-])C2)cc1OC. The number of rotatable bonds is 4. The Bertz CT molecular complexity index is 555. The summed E-state index contributed by atoms with van der Waals surface area (Å²) in [6.07, 6.45) is 0.698. The zero-order valence-corrected chi connectivity index (χ0v) is 11.4. The van der Waals surface area contributed by atoms with Gasteiger partial charge in [0.2, 0.25) is 0 Å². The van der Waals surface area contributed by atoms with Crippen molar-refractivity contribution in [3.8, 4) is 11.5 Å². The third-order valence-electron chi connectivity index (χ3n) is 3.30. The van der Waals surface area contributed by atoms with Gasteiger partial charge in [0.15, 0.2) is 11.5 Å². The van der Waals surface area contributed by atoms with Crippen molar-refractivity contribution in [3.05, 3.63) is 34.2 Å². The highest BCUT2D eigenvalue weighted by Gasteiger charge is 2.26. The number of hydrogen-bond donors (Lipinski definition) is 0. The van der Waals surface area contributed by atoms with Gasteiger partial charge >= 0.3 is 0 Å². The van der Waals surface area contributed by atoms with Crippen LogP contribution in [0.2, 0.25) is 0 Å². The molecule has 1 aromatic rings. The molecule has 7 nitrogen and oxygen atoms in total. The number of carbonyl (C=O) groups is 1. The van der Waals surface area contributed by atoms with E-state index in [0.29, 0.717) is 36.6 Å². The van der Waals surface area contributed by atoms with Gasteiger partial charge in [0.25, 0.3) is 5.91 Å². The van der Waals surface area contributed by atoms with Crippen LogP contribution < -0.4 is 9.47 Å². The summed E-state index contributed by atoms with van der Waals surface area (Å²) < 4.78 is 10.3. The first-order valence-corrected chi connectivity index (χ1v) is 6.25. The van der Waals surface area contributed by atoms with Crippen molar-refractivity contribution in [1.82, 2.24) is 4.90 Å². The molecule has 0 aromatic heterocycles. The third kappa shape index (κ3) is 2.78. The second kappa shape index (κ2) is 6.16. The van der Waals surface area contributed by atoms with Crippen LogP contribution >= 0.6 is 0 Å². The van der Waals surface area contributed by atoms with E-state index in [4.69, 9.17) is 15.0 Å². The Morgan fingerprint density at radius 2 is 2.15 bits per heavy atom. The van der Waals surface area contributed by atoms with Gasteiger partial charge in [-0.25, -0.2) is 0 Å². The standard InChI is InChI=1S/C13H16N4O3/c1-19-11-4-3-9(7-12(11)20-2)13(18)17-6-5-10(8-17)15-16-14/h3-4,7,10H,5-6,8H2,1-2H3. The molecule has 1 aliphatic rings. The molecule has 0 spiro atoms. The maximum Gasteiger partial charge on any atom is 0.254 e. The van der Waals surface area contributed by atoms with Crippen LogP contribution in [0.15, 0.2) is 23.3 Å². The molecule has 2 rings (SSSR count). The monoisotopic (exact) mass is 276 g/mol. The molecule has 106 valence electrons. The maximum absolute atomic E-state index is 12.4. The Balaban J connectivity index is 2.15. The molecule has 0 radical (unpaired) electrons. The average molecular weight is 276 g/mol. The van der Waals surface area contributed by atoms with Gasteiger partial charge in [0.1, 0.15) is 0 Å². The van der Waals surface area contributed by atoms with Crippen molar-refractivity contribution >= 4 is 5.91 Å². The molecular weight excluding hydrogens is 260 g/mol. The molecule has 1 unspecified atom stereocenters. The van der Waals surface area contributed by atoms with E-state index in [9.17, 15) is 4.79 Å². The van der Waals surface area contributed by atoms with Crippen LogP contribution in [-0.2, 0) is 0 Å². The molecule has 1 amide bonds. The van der Waals surface area contributed by atoms with E-state index in [1.165, 1.54) is 7.11 Å². The van der Waals surface area contributed by atoms with Crippen molar-refractivity contribution in [2.75, 3.05) is 27.3 Å². The molecule has 1 aliphatic heterocycles. The quantitative estimate of drug-likeness (QED) is 0.480. The predicted molar refractivity (Wildman–Crippen MR) is 73.0 cm³/mol. The van der Waals surface area contributed by atoms with Crippen molar-refractivity contribution in [3.63, 3.8) is 0 Å². The summed E-state index contributed by atoms with van der Waals surface area (Å²) in [4.78, 5) is 16.8. The summed E-state index contributed by atoms with van der Waals surface area (Å²) in [7, 11) is 3.07. The van der Waals surface area contributed by atoms with Crippen molar-refractivity contribution < 1.29 is 14.3 Å². The number of amides is 1. The summed E-state index contributed by atoms with van der Waals surface area (Å²) >= 11 is 0. The normalized spacial score (nSPS) is 17.5. The van der Waals surface area contributed by atoms with E-state index in [1.54, 1.807) is 30.2 Å². The molecule has 1 fully saturated rings. The summed E-state index contributed by atoms with van der Waals surface area (Å²) in [6, 6.07) is 4.92. The maximum atomic E-state index is 12.4. The van der Waals surface area contributed by atoms with Gasteiger partial charge in [-0.15, -0.1) is 0 Å². The predicted octanol–water partition coefficient (Wildman–Crippen LogP) is 2.23. The topological polar surface area (TPSA) is 87.5 Å². The number of benzene rings is 1. The van der Waals surface area contributed by atoms with Crippen LogP contribution in [0.4, 0.5) is 0 Å². The van der Waals surface area contributed by atoms with Gasteiger partial charge in [-0.05, 0) is 30.2 Å². The Kier molecular flexibility index (Phi) is 4.32. The van der Waals surface area contributed by atoms with Gasteiger partial charge in [0, 0.05) is 23.6 Å².